The smallest absolute Gasteiger partial charge is 0 e. The van der Waals surface area contributed by atoms with E-state index in [1.54, 1.807) is 0 Å². The van der Waals surface area contributed by atoms with E-state index >= 15 is 0 Å². The lowest BCUT2D eigenvalue weighted by Gasteiger charge is -1.27. The van der Waals surface area contributed by atoms with E-state index in [4.69, 9.17) is 0 Å². The number of nitrogens with two attached hydrogens (primary N) is 2. The SMILES string of the molecule is NN.O.[N]. The summed E-state index contributed by atoms with van der Waals surface area (Å²) in [6, 6.07) is 0. The van der Waals surface area contributed by atoms with Crippen molar-refractivity contribution in [3.63, 3.8) is 0 Å². The summed E-state index contributed by atoms with van der Waals surface area (Å²) < 4.78 is 0. The van der Waals surface area contributed by atoms with E-state index in [2.05, 4.69) is 11.7 Å². The Labute approximate surface area is 24.6 Å². The van der Waals surface area contributed by atoms with Crippen molar-refractivity contribution in [2.24, 2.45) is 11.7 Å². The summed E-state index contributed by atoms with van der Waals surface area (Å²) in [6.07, 6.45) is 0. The Morgan fingerprint density at radius 1 is 1.00 bits per heavy atom. The van der Waals surface area contributed by atoms with Crippen molar-refractivity contribution in [2.75, 3.05) is 0 Å². The minimum absolute atomic E-state index is 0. The maximum atomic E-state index is 4.00. The van der Waals surface area contributed by atoms with Crippen LogP contribution in [0.3, 0.4) is 0 Å². The van der Waals surface area contributed by atoms with E-state index in [0.29, 0.717) is 0 Å². The third kappa shape index (κ3) is 50.7. The van der Waals surface area contributed by atoms with Crippen molar-refractivity contribution in [1.29, 1.82) is 0 Å². The molecule has 0 heterocycles. The molecule has 0 spiro atoms. The highest BCUT2D eigenvalue weighted by molar-refractivity contribution is 3.26. The molecule has 4 heteroatoms. The second-order valence-corrected chi connectivity index (χ2v) is 0. The number of rotatable bonds is 0. The Hall–Kier alpha value is -0.160. The molecule has 6 N–H and O–H groups in total. The Morgan fingerprint density at radius 3 is 1.00 bits per heavy atom. The molecular formula is H6N3O. The summed E-state index contributed by atoms with van der Waals surface area (Å²) in [7, 11) is 0. The molecule has 0 fully saturated rings. The summed E-state index contributed by atoms with van der Waals surface area (Å²) in [5, 5.41) is 0. The minimum atomic E-state index is 0. The molecule has 0 aromatic heterocycles. The lowest BCUT2D eigenvalue weighted by molar-refractivity contribution is 0.824. The molecule has 0 aliphatic rings. The molecular weight excluding hydrogens is 58.0 g/mol. The second kappa shape index (κ2) is 376. The highest BCUT2D eigenvalue weighted by Gasteiger charge is 0.726. The Kier molecular flexibility index (Phi) is 4120. The van der Waals surface area contributed by atoms with E-state index < -0.39 is 0 Å². The Morgan fingerprint density at radius 2 is 1.00 bits per heavy atom. The molecule has 0 aliphatic heterocycles. The highest BCUT2D eigenvalue weighted by atomic mass is 16.0. The molecule has 0 rings (SSSR count). The fourth-order valence-corrected chi connectivity index (χ4v) is 0. The second-order valence-electron chi connectivity index (χ2n) is 0. The van der Waals surface area contributed by atoms with Crippen LogP contribution >= 0.6 is 0 Å². The third-order valence-electron chi connectivity index (χ3n) is 0. The van der Waals surface area contributed by atoms with Crippen molar-refractivity contribution in [2.45, 2.75) is 0 Å². The van der Waals surface area contributed by atoms with E-state index in [9.17, 15) is 0 Å². The van der Waals surface area contributed by atoms with Crippen LogP contribution in [0.15, 0.2) is 0 Å². The Bertz CT molecular complexity index is 3.25. The van der Waals surface area contributed by atoms with Gasteiger partial charge in [0.2, 0.25) is 0 Å². The Balaban J connectivity index is -0.00000000500. The maximum Gasteiger partial charge on any atom is 0 e. The van der Waals surface area contributed by atoms with Crippen LogP contribution in [0.2, 0.25) is 0 Å². The van der Waals surface area contributed by atoms with Crippen LogP contribution in [0.25, 0.3) is 0 Å². The lowest BCUT2D eigenvalue weighted by Crippen LogP contribution is -2.02. The molecule has 0 saturated carbocycles. The van der Waals surface area contributed by atoms with Crippen molar-refractivity contribution in [3.8, 4) is 0 Å². The minimum Gasteiger partial charge on any atom is -0.412 e. The van der Waals surface area contributed by atoms with Gasteiger partial charge in [0.1, 0.15) is 0 Å². The quantitative estimate of drug-likeness (QED) is 0.240. The molecule has 0 unspecified atom stereocenters. The van der Waals surface area contributed by atoms with Crippen molar-refractivity contribution in [1.82, 2.24) is 6.15 Å². The summed E-state index contributed by atoms with van der Waals surface area (Å²) >= 11 is 0. The molecule has 0 saturated heterocycles. The molecule has 27 valence electrons. The van der Waals surface area contributed by atoms with Crippen LogP contribution in [-0.4, -0.2) is 5.48 Å². The van der Waals surface area contributed by atoms with Crippen molar-refractivity contribution < 1.29 is 5.48 Å². The van der Waals surface area contributed by atoms with Crippen LogP contribution in [0.5, 0.6) is 0 Å². The van der Waals surface area contributed by atoms with Crippen LogP contribution in [-0.2, 0) is 0 Å². The number of hydrogen-bond donors (Lipinski definition) is 2. The first-order valence-corrected chi connectivity index (χ1v) is 0.333. The fraction of sp³-hybridized carbons (Fsp3) is 0. The number of hydrogen-bond acceptors (Lipinski definition) is 2. The van der Waals surface area contributed by atoms with Crippen molar-refractivity contribution in [3.05, 3.63) is 0 Å². The zero-order valence-corrected chi connectivity index (χ0v) is 2.10. The fourth-order valence-electron chi connectivity index (χ4n) is 0. The first kappa shape index (κ1) is 43.9. The zero-order chi connectivity index (χ0) is 2.00. The van der Waals surface area contributed by atoms with Gasteiger partial charge in [-0.25, -0.2) is 0 Å². The van der Waals surface area contributed by atoms with Gasteiger partial charge < -0.3 is 5.48 Å². The van der Waals surface area contributed by atoms with Gasteiger partial charge in [0, 0.05) is 6.15 Å². The van der Waals surface area contributed by atoms with Gasteiger partial charge in [0.25, 0.3) is 0 Å². The lowest BCUT2D eigenvalue weighted by atomic mass is 13.0. The molecule has 0 aromatic rings. The van der Waals surface area contributed by atoms with Crippen LogP contribution in [0.4, 0.5) is 0 Å². The number of hydrazine groups is 1. The van der Waals surface area contributed by atoms with Crippen molar-refractivity contribution >= 4 is 0 Å². The van der Waals surface area contributed by atoms with Crippen LogP contribution in [0, 0.1) is 0 Å². The third-order valence-corrected chi connectivity index (χ3v) is 0. The molecule has 0 amide bonds. The van der Waals surface area contributed by atoms with E-state index in [-0.39, 0.29) is 11.6 Å². The molecule has 4 heavy (non-hydrogen) atoms. The zero-order valence-electron chi connectivity index (χ0n) is 2.10. The monoisotopic (exact) mass is 64.1 g/mol. The van der Waals surface area contributed by atoms with Gasteiger partial charge in [0.05, 0.1) is 0 Å². The highest BCUT2D eigenvalue weighted by Crippen LogP contribution is -0.0190. The van der Waals surface area contributed by atoms with Crippen LogP contribution < -0.4 is 17.8 Å². The predicted octanol–water partition coefficient (Wildman–Crippen LogP) is -2.49. The van der Waals surface area contributed by atoms with E-state index in [1.807, 2.05) is 0 Å². The molecule has 0 atom stereocenters. The van der Waals surface area contributed by atoms with Gasteiger partial charge in [-0.3, -0.25) is 11.7 Å². The first-order valence-electron chi connectivity index (χ1n) is 0.333. The molecule has 0 aliphatic carbocycles. The van der Waals surface area contributed by atoms with Gasteiger partial charge in [-0.1, -0.05) is 0 Å². The topological polar surface area (TPSA) is 114 Å². The standard InChI is InChI=1S/H4N2.N.H2O/c1-2;;/h1-2H2;;1H2. The molecule has 3 radical (unpaired) electrons. The summed E-state index contributed by atoms with van der Waals surface area (Å²) in [5.74, 6) is 8.00. The average Bonchev–Trinajstić information content (AvgIpc) is 1.00. The normalized spacial score (nSPS) is 1.50. The van der Waals surface area contributed by atoms with E-state index in [1.165, 1.54) is 0 Å². The van der Waals surface area contributed by atoms with Gasteiger partial charge >= 0.3 is 0 Å². The van der Waals surface area contributed by atoms with Crippen LogP contribution in [0.1, 0.15) is 0 Å². The maximum absolute atomic E-state index is 4.00. The molecule has 4 nitrogen and oxygen atoms in total. The summed E-state index contributed by atoms with van der Waals surface area (Å²) in [4.78, 5) is 0. The van der Waals surface area contributed by atoms with Gasteiger partial charge in [0.15, 0.2) is 0 Å². The molecule has 0 aromatic carbocycles. The number of nitrogens with zero attached hydrogens (tertiary/aromatic N) is 1. The summed E-state index contributed by atoms with van der Waals surface area (Å²) in [5.41, 5.74) is 0. The van der Waals surface area contributed by atoms with Gasteiger partial charge in [-0.05, 0) is 0 Å². The summed E-state index contributed by atoms with van der Waals surface area (Å²) in [6.45, 7) is 0. The first-order chi connectivity index (χ1) is 1.00. The van der Waals surface area contributed by atoms with Gasteiger partial charge in [-0.15, -0.1) is 0 Å². The largest absolute Gasteiger partial charge is 0.412 e. The average molecular weight is 64.1 g/mol. The van der Waals surface area contributed by atoms with Gasteiger partial charge in [-0.2, -0.15) is 0 Å². The molecule has 0 bridgehead atoms. The van der Waals surface area contributed by atoms with E-state index in [0.717, 1.165) is 0 Å². The predicted molar refractivity (Wildman–Crippen MR) is 14.1 cm³/mol.